The molecule has 0 fully saturated rings. The van der Waals surface area contributed by atoms with Crippen LogP contribution < -0.4 is 5.56 Å². The Balaban J connectivity index is 1.52. The van der Waals surface area contributed by atoms with Crippen LogP contribution in [0.1, 0.15) is 5.82 Å². The van der Waals surface area contributed by atoms with Gasteiger partial charge < -0.3 is 4.98 Å². The van der Waals surface area contributed by atoms with Gasteiger partial charge in [-0.05, 0) is 47.8 Å². The topological polar surface area (TPSA) is 76.5 Å². The van der Waals surface area contributed by atoms with Crippen molar-refractivity contribution in [1.82, 2.24) is 24.7 Å². The molecular weight excluding hydrogens is 421 g/mol. The third-order valence-corrected chi connectivity index (χ3v) is 6.29. The normalized spacial score (nSPS) is 11.2. The van der Waals surface area contributed by atoms with Crippen LogP contribution in [0, 0.1) is 5.82 Å². The zero-order valence-corrected chi connectivity index (χ0v) is 17.1. The van der Waals surface area contributed by atoms with Crippen LogP contribution in [0.2, 0.25) is 0 Å². The van der Waals surface area contributed by atoms with Crippen LogP contribution in [0.25, 0.3) is 27.3 Å². The summed E-state index contributed by atoms with van der Waals surface area (Å²) in [7, 11) is 0. The molecular formula is C21H14FN5OS2. The van der Waals surface area contributed by atoms with Crippen LogP contribution in [0.4, 0.5) is 4.39 Å². The zero-order chi connectivity index (χ0) is 20.5. The lowest BCUT2D eigenvalue weighted by Gasteiger charge is -2.10. The number of para-hydroxylation sites is 1. The third-order valence-electron chi connectivity index (χ3n) is 4.45. The molecule has 0 saturated carbocycles. The molecule has 0 unspecified atom stereocenters. The first kappa shape index (κ1) is 18.7. The first-order chi connectivity index (χ1) is 14.7. The molecule has 0 saturated heterocycles. The van der Waals surface area contributed by atoms with Crippen LogP contribution >= 0.6 is 23.1 Å². The highest BCUT2D eigenvalue weighted by Crippen LogP contribution is 2.29. The summed E-state index contributed by atoms with van der Waals surface area (Å²) in [4.78, 5) is 19.6. The van der Waals surface area contributed by atoms with E-state index in [1.807, 2.05) is 46.3 Å². The van der Waals surface area contributed by atoms with Crippen LogP contribution in [0.15, 0.2) is 76.0 Å². The molecule has 2 aromatic carbocycles. The Morgan fingerprint density at radius 1 is 1.03 bits per heavy atom. The highest BCUT2D eigenvalue weighted by Gasteiger charge is 2.17. The maximum Gasteiger partial charge on any atom is 0.268 e. The second-order valence-corrected chi connectivity index (χ2v) is 8.28. The lowest BCUT2D eigenvalue weighted by molar-refractivity contribution is 0.628. The Hall–Kier alpha value is -3.30. The van der Waals surface area contributed by atoms with Crippen molar-refractivity contribution >= 4 is 33.3 Å². The van der Waals surface area contributed by atoms with Crippen LogP contribution in [-0.4, -0.2) is 24.7 Å². The van der Waals surface area contributed by atoms with Crippen molar-refractivity contribution in [3.05, 3.63) is 88.0 Å². The molecule has 0 amide bonds. The van der Waals surface area contributed by atoms with Gasteiger partial charge in [0.15, 0.2) is 11.0 Å². The van der Waals surface area contributed by atoms with Gasteiger partial charge in [-0.25, -0.2) is 9.37 Å². The Kier molecular flexibility index (Phi) is 4.89. The van der Waals surface area contributed by atoms with Crippen LogP contribution in [0.5, 0.6) is 0 Å². The van der Waals surface area contributed by atoms with Crippen molar-refractivity contribution in [1.29, 1.82) is 0 Å². The molecule has 1 N–H and O–H groups in total. The van der Waals surface area contributed by atoms with E-state index in [2.05, 4.69) is 20.2 Å². The van der Waals surface area contributed by atoms with E-state index in [1.54, 1.807) is 12.1 Å². The monoisotopic (exact) mass is 435 g/mol. The van der Waals surface area contributed by atoms with E-state index < -0.39 is 0 Å². The fourth-order valence-corrected chi connectivity index (χ4v) is 4.63. The van der Waals surface area contributed by atoms with Crippen LogP contribution in [0.3, 0.4) is 0 Å². The largest absolute Gasteiger partial charge is 0.309 e. The van der Waals surface area contributed by atoms with Gasteiger partial charge in [-0.3, -0.25) is 9.36 Å². The van der Waals surface area contributed by atoms with E-state index >= 15 is 0 Å². The lowest BCUT2D eigenvalue weighted by atomic mass is 10.2. The first-order valence-electron chi connectivity index (χ1n) is 9.05. The average Bonchev–Trinajstić information content (AvgIpc) is 3.41. The first-order valence-corrected chi connectivity index (χ1v) is 10.9. The van der Waals surface area contributed by atoms with Gasteiger partial charge >= 0.3 is 0 Å². The second-order valence-electron chi connectivity index (χ2n) is 6.42. The number of rotatable bonds is 5. The number of H-pyrrole nitrogens is 1. The number of thiophene rings is 1. The van der Waals surface area contributed by atoms with Gasteiger partial charge in [0.05, 0.1) is 11.3 Å². The van der Waals surface area contributed by atoms with Crippen molar-refractivity contribution in [2.24, 2.45) is 0 Å². The maximum atomic E-state index is 13.4. The summed E-state index contributed by atoms with van der Waals surface area (Å²) in [5.74, 6) is 1.30. The smallest absolute Gasteiger partial charge is 0.268 e. The fourth-order valence-electron chi connectivity index (χ4n) is 3.08. The van der Waals surface area contributed by atoms with Crippen molar-refractivity contribution in [3.8, 4) is 17.1 Å². The van der Waals surface area contributed by atoms with E-state index in [4.69, 9.17) is 0 Å². The van der Waals surface area contributed by atoms with Gasteiger partial charge in [0.25, 0.3) is 5.56 Å². The Morgan fingerprint density at radius 2 is 1.83 bits per heavy atom. The summed E-state index contributed by atoms with van der Waals surface area (Å²) >= 11 is 2.79. The number of halogens is 1. The fraction of sp³-hybridized carbons (Fsp3) is 0.0476. The molecule has 148 valence electrons. The molecule has 0 atom stereocenters. The molecule has 30 heavy (non-hydrogen) atoms. The summed E-state index contributed by atoms with van der Waals surface area (Å²) in [6.45, 7) is 0. The number of aromatic amines is 1. The Bertz CT molecular complexity index is 1380. The van der Waals surface area contributed by atoms with Gasteiger partial charge in [-0.1, -0.05) is 30.0 Å². The molecule has 3 heterocycles. The molecule has 0 aliphatic rings. The number of nitrogens with zero attached hydrogens (tertiary/aromatic N) is 4. The minimum atomic E-state index is -0.307. The van der Waals surface area contributed by atoms with E-state index in [0.717, 1.165) is 11.3 Å². The molecule has 3 aromatic heterocycles. The molecule has 0 spiro atoms. The summed E-state index contributed by atoms with van der Waals surface area (Å²) in [5, 5.41) is 11.2. The SMILES string of the molecule is O=c1[nH]c(CSc2nnc(-c3ccc(F)cc3)n2-c2ccccc2)nc2ccsc12. The van der Waals surface area contributed by atoms with Gasteiger partial charge in [0.2, 0.25) is 0 Å². The second kappa shape index (κ2) is 7.85. The van der Waals surface area contributed by atoms with Gasteiger partial charge in [-0.15, -0.1) is 21.5 Å². The minimum absolute atomic E-state index is 0.137. The molecule has 9 heteroatoms. The van der Waals surface area contributed by atoms with Crippen molar-refractivity contribution < 1.29 is 4.39 Å². The van der Waals surface area contributed by atoms with Crippen molar-refractivity contribution in [2.45, 2.75) is 10.9 Å². The number of aromatic nitrogens is 5. The third kappa shape index (κ3) is 3.53. The Morgan fingerprint density at radius 3 is 2.63 bits per heavy atom. The zero-order valence-electron chi connectivity index (χ0n) is 15.4. The summed E-state index contributed by atoms with van der Waals surface area (Å²) in [6.07, 6.45) is 0. The Labute approximate surface area is 178 Å². The molecule has 0 radical (unpaired) electrons. The maximum absolute atomic E-state index is 13.4. The summed E-state index contributed by atoms with van der Waals surface area (Å²) in [5.41, 5.74) is 2.20. The molecule has 0 aliphatic heterocycles. The van der Waals surface area contributed by atoms with E-state index in [1.165, 1.54) is 35.2 Å². The average molecular weight is 436 g/mol. The van der Waals surface area contributed by atoms with Gasteiger partial charge in [-0.2, -0.15) is 0 Å². The van der Waals surface area contributed by atoms with Crippen molar-refractivity contribution in [3.63, 3.8) is 0 Å². The number of thioether (sulfide) groups is 1. The van der Waals surface area contributed by atoms with Gasteiger partial charge in [0.1, 0.15) is 16.3 Å². The summed E-state index contributed by atoms with van der Waals surface area (Å²) in [6, 6.07) is 17.7. The van der Waals surface area contributed by atoms with Crippen molar-refractivity contribution in [2.75, 3.05) is 0 Å². The number of hydrogen-bond acceptors (Lipinski definition) is 6. The minimum Gasteiger partial charge on any atom is -0.309 e. The summed E-state index contributed by atoms with van der Waals surface area (Å²) < 4.78 is 15.9. The molecule has 6 nitrogen and oxygen atoms in total. The molecule has 5 aromatic rings. The number of benzene rings is 2. The van der Waals surface area contributed by atoms with Gasteiger partial charge in [0, 0.05) is 11.3 Å². The number of nitrogens with one attached hydrogen (secondary N) is 1. The predicted octanol–water partition coefficient (Wildman–Crippen LogP) is 4.66. The predicted molar refractivity (Wildman–Crippen MR) is 117 cm³/mol. The van der Waals surface area contributed by atoms with Crippen LogP contribution in [-0.2, 0) is 5.75 Å². The molecule has 0 bridgehead atoms. The van der Waals surface area contributed by atoms with E-state index in [-0.39, 0.29) is 11.4 Å². The lowest BCUT2D eigenvalue weighted by Crippen LogP contribution is -2.09. The standard InChI is InChI=1S/C21H14FN5OS2/c22-14-8-6-13(7-9-14)19-25-26-21(27(19)15-4-2-1-3-5-15)30-12-17-23-16-10-11-29-18(16)20(28)24-17/h1-11H,12H2,(H,23,24,28). The molecule has 5 rings (SSSR count). The van der Waals surface area contributed by atoms with E-state index in [0.29, 0.717) is 32.8 Å². The quantitative estimate of drug-likeness (QED) is 0.406. The highest BCUT2D eigenvalue weighted by molar-refractivity contribution is 7.98. The highest BCUT2D eigenvalue weighted by atomic mass is 32.2. The number of fused-ring (bicyclic) bond motifs is 1. The van der Waals surface area contributed by atoms with E-state index in [9.17, 15) is 9.18 Å². The molecule has 0 aliphatic carbocycles. The number of hydrogen-bond donors (Lipinski definition) is 1.